The highest BCUT2D eigenvalue weighted by Gasteiger charge is 2.17. The van der Waals surface area contributed by atoms with Gasteiger partial charge in [-0.15, -0.1) is 0 Å². The second-order valence-electron chi connectivity index (χ2n) is 1.66. The van der Waals surface area contributed by atoms with Crippen molar-refractivity contribution in [1.29, 1.82) is 0 Å². The molecular formula is C3H6O2PS2-. The van der Waals surface area contributed by atoms with Gasteiger partial charge < -0.3 is 21.3 Å². The Labute approximate surface area is 58.9 Å². The molecule has 1 saturated heterocycles. The Bertz CT molecular complexity index is 137. The summed E-state index contributed by atoms with van der Waals surface area (Å²) in [5.74, 6) is 0. The molecule has 0 saturated carbocycles. The van der Waals surface area contributed by atoms with E-state index in [0.29, 0.717) is 6.61 Å². The van der Waals surface area contributed by atoms with Crippen LogP contribution in [0.4, 0.5) is 0 Å². The highest BCUT2D eigenvalue weighted by Crippen LogP contribution is 2.51. The number of hydrogen-bond acceptors (Lipinski definition) is 4. The average Bonchev–Trinajstić information content (AvgIpc) is 1.82. The molecule has 0 N–H and O–H groups in total. The van der Waals surface area contributed by atoms with E-state index in [1.54, 1.807) is 0 Å². The highest BCUT2D eigenvalue weighted by molar-refractivity contribution is 8.51. The first kappa shape index (κ1) is 7.03. The van der Waals surface area contributed by atoms with Gasteiger partial charge in [0.1, 0.15) is 0 Å². The van der Waals surface area contributed by atoms with Crippen LogP contribution in [-0.4, -0.2) is 12.7 Å². The van der Waals surface area contributed by atoms with Crippen molar-refractivity contribution >= 4 is 29.7 Å². The van der Waals surface area contributed by atoms with E-state index < -0.39 is 5.69 Å². The average molecular weight is 169 g/mol. The fourth-order valence-corrected chi connectivity index (χ4v) is 2.68. The molecule has 0 aromatic rings. The molecule has 0 amide bonds. The van der Waals surface area contributed by atoms with Crippen LogP contribution in [0.5, 0.6) is 0 Å². The molecule has 0 aliphatic carbocycles. The zero-order valence-electron chi connectivity index (χ0n) is 4.36. The third-order valence-electron chi connectivity index (χ3n) is 0.776. The van der Waals surface area contributed by atoms with Gasteiger partial charge in [-0.1, -0.05) is 11.8 Å². The van der Waals surface area contributed by atoms with Gasteiger partial charge in [-0.25, -0.2) is 0 Å². The van der Waals surface area contributed by atoms with Gasteiger partial charge in [0.15, 0.2) is 0 Å². The van der Waals surface area contributed by atoms with Gasteiger partial charge >= 0.3 is 0 Å². The maximum absolute atomic E-state index is 5.07. The predicted molar refractivity (Wildman–Crippen MR) is 38.1 cm³/mol. The summed E-state index contributed by atoms with van der Waals surface area (Å²) in [6.45, 7) is 2.47. The summed E-state index contributed by atoms with van der Waals surface area (Å²) in [5.41, 5.74) is -2.18. The molecule has 1 aliphatic heterocycles. The normalized spacial score (nSPS) is 47.5. The Kier molecular flexibility index (Phi) is 2.00. The maximum Gasteiger partial charge on any atom is 0.0840 e. The number of hydrogen-bond donors (Lipinski definition) is 0. The Hall–Kier alpha value is 0.920. The van der Waals surface area contributed by atoms with Crippen molar-refractivity contribution in [2.24, 2.45) is 0 Å². The Morgan fingerprint density at radius 1 is 1.88 bits per heavy atom. The fraction of sp³-hybridized carbons (Fsp3) is 1.00. The molecule has 0 spiro atoms. The quantitative estimate of drug-likeness (QED) is 0.400. The lowest BCUT2D eigenvalue weighted by molar-refractivity contribution is 0.263. The molecule has 0 aromatic heterocycles. The van der Waals surface area contributed by atoms with E-state index in [1.165, 1.54) is 0 Å². The molecule has 1 heterocycles. The summed E-state index contributed by atoms with van der Waals surface area (Å²) < 4.78 is 10.0. The monoisotopic (exact) mass is 169 g/mol. The first-order valence-corrected chi connectivity index (χ1v) is 5.89. The lowest BCUT2D eigenvalue weighted by Gasteiger charge is -2.18. The second kappa shape index (κ2) is 2.27. The summed E-state index contributed by atoms with van der Waals surface area (Å²) in [6, 6.07) is 0. The van der Waals surface area contributed by atoms with E-state index >= 15 is 0 Å². The van der Waals surface area contributed by atoms with E-state index in [9.17, 15) is 0 Å². The standard InChI is InChI=1S/C3H7O2PS2/c1-3-2-4-6(7,8)5-3/h3H,2H2,1H3,(H,7,8)/p-1. The molecule has 1 aliphatic rings. The van der Waals surface area contributed by atoms with Crippen LogP contribution in [0.3, 0.4) is 0 Å². The molecule has 0 bridgehead atoms. The van der Waals surface area contributed by atoms with Crippen molar-refractivity contribution in [3.63, 3.8) is 0 Å². The third-order valence-corrected chi connectivity index (χ3v) is 3.01. The van der Waals surface area contributed by atoms with Crippen LogP contribution in [0.15, 0.2) is 0 Å². The van der Waals surface area contributed by atoms with Crippen molar-refractivity contribution in [3.05, 3.63) is 0 Å². The van der Waals surface area contributed by atoms with E-state index in [0.717, 1.165) is 0 Å². The summed E-state index contributed by atoms with van der Waals surface area (Å²) in [7, 11) is 0. The lowest BCUT2D eigenvalue weighted by atomic mass is 10.5. The Morgan fingerprint density at radius 3 is 2.62 bits per heavy atom. The van der Waals surface area contributed by atoms with Crippen LogP contribution in [0.2, 0.25) is 0 Å². The highest BCUT2D eigenvalue weighted by atomic mass is 32.9. The molecule has 1 rings (SSSR count). The Morgan fingerprint density at radius 2 is 2.50 bits per heavy atom. The van der Waals surface area contributed by atoms with E-state index in [4.69, 9.17) is 33.1 Å². The van der Waals surface area contributed by atoms with Gasteiger partial charge in [-0.05, 0) is 6.92 Å². The van der Waals surface area contributed by atoms with E-state index in [-0.39, 0.29) is 6.10 Å². The molecule has 8 heavy (non-hydrogen) atoms. The molecule has 0 radical (unpaired) electrons. The molecule has 2 nitrogen and oxygen atoms in total. The maximum atomic E-state index is 5.07. The van der Waals surface area contributed by atoms with Crippen LogP contribution in [0.25, 0.3) is 0 Å². The summed E-state index contributed by atoms with van der Waals surface area (Å²) in [5, 5.41) is 0. The van der Waals surface area contributed by atoms with Crippen molar-refractivity contribution < 1.29 is 9.05 Å². The minimum atomic E-state index is -2.18. The van der Waals surface area contributed by atoms with Crippen LogP contribution < -0.4 is 0 Å². The minimum absolute atomic E-state index is 0.110. The molecular weight excluding hydrogens is 163 g/mol. The minimum Gasteiger partial charge on any atom is -0.691 e. The van der Waals surface area contributed by atoms with Gasteiger partial charge in [0.25, 0.3) is 0 Å². The van der Waals surface area contributed by atoms with Gasteiger partial charge in [0, 0.05) is 0 Å². The molecule has 1 fully saturated rings. The predicted octanol–water partition coefficient (Wildman–Crippen LogP) is 1.19. The second-order valence-corrected chi connectivity index (χ2v) is 6.60. The van der Waals surface area contributed by atoms with Gasteiger partial charge in [-0.2, -0.15) is 0 Å². The van der Waals surface area contributed by atoms with E-state index in [2.05, 4.69) is 0 Å². The smallest absolute Gasteiger partial charge is 0.0840 e. The molecule has 2 unspecified atom stereocenters. The summed E-state index contributed by atoms with van der Waals surface area (Å²) in [4.78, 5) is 0. The molecule has 48 valence electrons. The van der Waals surface area contributed by atoms with Crippen LogP contribution in [-0.2, 0) is 33.1 Å². The van der Waals surface area contributed by atoms with Gasteiger partial charge in [0.2, 0.25) is 0 Å². The zero-order valence-corrected chi connectivity index (χ0v) is 6.89. The van der Waals surface area contributed by atoms with Crippen LogP contribution in [0.1, 0.15) is 6.92 Å². The van der Waals surface area contributed by atoms with Crippen LogP contribution in [0, 0.1) is 0 Å². The van der Waals surface area contributed by atoms with E-state index in [1.807, 2.05) is 6.92 Å². The van der Waals surface area contributed by atoms with Gasteiger partial charge in [0.05, 0.1) is 18.4 Å². The molecule has 0 aromatic carbocycles. The fourth-order valence-electron chi connectivity index (χ4n) is 0.477. The first-order chi connectivity index (χ1) is 3.60. The van der Waals surface area contributed by atoms with Gasteiger partial charge in [-0.3, -0.25) is 0 Å². The van der Waals surface area contributed by atoms with Crippen molar-refractivity contribution in [2.45, 2.75) is 13.0 Å². The van der Waals surface area contributed by atoms with Crippen molar-refractivity contribution in [1.82, 2.24) is 0 Å². The Balaban J connectivity index is 2.57. The number of rotatable bonds is 0. The van der Waals surface area contributed by atoms with Crippen molar-refractivity contribution in [3.8, 4) is 0 Å². The van der Waals surface area contributed by atoms with Crippen molar-refractivity contribution in [2.75, 3.05) is 6.61 Å². The molecule has 5 heteroatoms. The third kappa shape index (κ3) is 1.71. The first-order valence-electron chi connectivity index (χ1n) is 2.24. The lowest BCUT2D eigenvalue weighted by Crippen LogP contribution is -1.99. The largest absolute Gasteiger partial charge is 0.691 e. The summed E-state index contributed by atoms with van der Waals surface area (Å²) in [6.07, 6.45) is 0.110. The summed E-state index contributed by atoms with van der Waals surface area (Å²) >= 11 is 9.53. The topological polar surface area (TPSA) is 18.5 Å². The zero-order chi connectivity index (χ0) is 6.20. The molecule has 2 atom stereocenters. The van der Waals surface area contributed by atoms with Crippen LogP contribution >= 0.6 is 5.69 Å². The SMILES string of the molecule is CC1COP(=S)([S-])O1.